The lowest BCUT2D eigenvalue weighted by Gasteiger charge is -2.05. The lowest BCUT2D eigenvalue weighted by atomic mass is 10.2. The second-order valence-corrected chi connectivity index (χ2v) is 5.65. The smallest absolute Gasteiger partial charge is 0.345 e. The van der Waals surface area contributed by atoms with Crippen LogP contribution in [0.3, 0.4) is 0 Å². The van der Waals surface area contributed by atoms with Crippen molar-refractivity contribution in [3.8, 4) is 0 Å². The fourth-order valence-electron chi connectivity index (χ4n) is 2.05. The predicted octanol–water partition coefficient (Wildman–Crippen LogP) is 1.61. The van der Waals surface area contributed by atoms with Crippen molar-refractivity contribution in [2.24, 2.45) is 0 Å². The minimum absolute atomic E-state index is 0.146. The fourth-order valence-corrected chi connectivity index (χ4v) is 2.92. The molecular weight excluding hydrogens is 278 g/mol. The highest BCUT2D eigenvalue weighted by molar-refractivity contribution is 7.14. The monoisotopic (exact) mass is 289 g/mol. The summed E-state index contributed by atoms with van der Waals surface area (Å²) in [5, 5.41) is 13.0. The molecule has 0 saturated heterocycles. The number of hydrogen-bond donors (Lipinski definition) is 1. The van der Waals surface area contributed by atoms with Gasteiger partial charge in [-0.2, -0.15) is 5.10 Å². The third-order valence-corrected chi connectivity index (χ3v) is 4.19. The molecule has 0 unspecified atom stereocenters. The Hall–Kier alpha value is -2.41. The molecule has 0 fully saturated rings. The number of hydrogen-bond acceptors (Lipinski definition) is 4. The maximum absolute atomic E-state index is 12.2. The molecule has 0 bridgehead atoms. The van der Waals surface area contributed by atoms with Crippen molar-refractivity contribution >= 4 is 22.8 Å². The zero-order valence-electron chi connectivity index (χ0n) is 10.6. The van der Waals surface area contributed by atoms with E-state index in [2.05, 4.69) is 5.10 Å². The standard InChI is InChI=1S/C13H11N3O3S/c1-8-9(6-11(20-8)13(18)19)7-15-4-5-16-10(12(15)17)2-3-14-16/h2-6H,7H2,1H3,(H,18,19). The van der Waals surface area contributed by atoms with Gasteiger partial charge in [0.05, 0.1) is 12.7 Å². The third-order valence-electron chi connectivity index (χ3n) is 3.11. The van der Waals surface area contributed by atoms with E-state index in [1.807, 2.05) is 6.92 Å². The first kappa shape index (κ1) is 12.6. The van der Waals surface area contributed by atoms with Gasteiger partial charge in [0.1, 0.15) is 10.4 Å². The number of nitrogens with zero attached hydrogens (tertiary/aromatic N) is 3. The number of aryl methyl sites for hydroxylation is 1. The second kappa shape index (κ2) is 4.61. The van der Waals surface area contributed by atoms with Crippen molar-refractivity contribution in [1.82, 2.24) is 14.2 Å². The molecule has 0 aromatic carbocycles. The number of carboxylic acids is 1. The molecule has 3 heterocycles. The number of rotatable bonds is 3. The molecule has 6 nitrogen and oxygen atoms in total. The quantitative estimate of drug-likeness (QED) is 0.794. The van der Waals surface area contributed by atoms with E-state index in [0.717, 1.165) is 10.4 Å². The summed E-state index contributed by atoms with van der Waals surface area (Å²) in [4.78, 5) is 24.4. The molecule has 0 aliphatic rings. The lowest BCUT2D eigenvalue weighted by Crippen LogP contribution is -2.21. The summed E-state index contributed by atoms with van der Waals surface area (Å²) >= 11 is 1.22. The van der Waals surface area contributed by atoms with E-state index in [1.165, 1.54) is 15.9 Å². The van der Waals surface area contributed by atoms with Gasteiger partial charge >= 0.3 is 5.97 Å². The molecule has 0 aliphatic carbocycles. The Kier molecular flexibility index (Phi) is 2.90. The van der Waals surface area contributed by atoms with Crippen molar-refractivity contribution in [1.29, 1.82) is 0 Å². The Bertz CT molecular complexity index is 859. The molecule has 0 aliphatic heterocycles. The summed E-state index contributed by atoms with van der Waals surface area (Å²) in [6, 6.07) is 3.28. The van der Waals surface area contributed by atoms with Gasteiger partial charge in [-0.15, -0.1) is 11.3 Å². The van der Waals surface area contributed by atoms with Crippen LogP contribution in [0.2, 0.25) is 0 Å². The van der Waals surface area contributed by atoms with Gasteiger partial charge < -0.3 is 9.67 Å². The van der Waals surface area contributed by atoms with Crippen LogP contribution in [0.1, 0.15) is 20.1 Å². The van der Waals surface area contributed by atoms with E-state index in [9.17, 15) is 9.59 Å². The average Bonchev–Trinajstić information content (AvgIpc) is 3.00. The summed E-state index contributed by atoms with van der Waals surface area (Å²) in [6.45, 7) is 2.21. The molecule has 0 saturated carbocycles. The van der Waals surface area contributed by atoms with Crippen LogP contribution in [-0.4, -0.2) is 25.3 Å². The Labute approximate surface area is 117 Å². The van der Waals surface area contributed by atoms with Gasteiger partial charge in [-0.25, -0.2) is 9.31 Å². The first-order chi connectivity index (χ1) is 9.56. The summed E-state index contributed by atoms with van der Waals surface area (Å²) < 4.78 is 3.07. The highest BCUT2D eigenvalue weighted by atomic mass is 32.1. The molecule has 3 aromatic rings. The maximum Gasteiger partial charge on any atom is 0.345 e. The molecule has 3 rings (SSSR count). The van der Waals surface area contributed by atoms with Crippen molar-refractivity contribution in [3.05, 3.63) is 56.4 Å². The van der Waals surface area contributed by atoms with Gasteiger partial charge in [0.2, 0.25) is 0 Å². The topological polar surface area (TPSA) is 76.6 Å². The molecule has 0 spiro atoms. The number of aromatic nitrogens is 3. The molecule has 102 valence electrons. The molecule has 3 aromatic heterocycles. The van der Waals surface area contributed by atoms with E-state index in [0.29, 0.717) is 12.1 Å². The lowest BCUT2D eigenvalue weighted by molar-refractivity contribution is 0.0702. The molecular formula is C13H11N3O3S. The summed E-state index contributed by atoms with van der Waals surface area (Å²) in [7, 11) is 0. The Balaban J connectivity index is 2.03. The molecule has 20 heavy (non-hydrogen) atoms. The summed E-state index contributed by atoms with van der Waals surface area (Å²) in [5.41, 5.74) is 1.20. The van der Waals surface area contributed by atoms with Gasteiger partial charge in [-0.05, 0) is 24.6 Å². The van der Waals surface area contributed by atoms with Crippen LogP contribution in [0, 0.1) is 6.92 Å². The van der Waals surface area contributed by atoms with E-state index in [4.69, 9.17) is 5.11 Å². The minimum atomic E-state index is -0.942. The molecule has 0 amide bonds. The van der Waals surface area contributed by atoms with E-state index < -0.39 is 5.97 Å². The van der Waals surface area contributed by atoms with Crippen molar-refractivity contribution in [3.63, 3.8) is 0 Å². The number of fused-ring (bicyclic) bond motifs is 1. The number of thiophene rings is 1. The second-order valence-electron chi connectivity index (χ2n) is 4.39. The van der Waals surface area contributed by atoms with Crippen LogP contribution in [0.25, 0.3) is 5.52 Å². The largest absolute Gasteiger partial charge is 0.477 e. The van der Waals surface area contributed by atoms with Crippen LogP contribution in [0.4, 0.5) is 0 Å². The van der Waals surface area contributed by atoms with Gasteiger partial charge in [0.25, 0.3) is 5.56 Å². The van der Waals surface area contributed by atoms with Crippen molar-refractivity contribution in [2.45, 2.75) is 13.5 Å². The minimum Gasteiger partial charge on any atom is -0.477 e. The van der Waals surface area contributed by atoms with E-state index in [1.54, 1.807) is 35.3 Å². The summed E-state index contributed by atoms with van der Waals surface area (Å²) in [6.07, 6.45) is 4.93. The zero-order chi connectivity index (χ0) is 14.3. The number of aromatic carboxylic acids is 1. The number of carboxylic acid groups (broad SMARTS) is 1. The Morgan fingerprint density at radius 1 is 1.45 bits per heavy atom. The molecule has 0 atom stereocenters. The first-order valence-electron chi connectivity index (χ1n) is 5.91. The zero-order valence-corrected chi connectivity index (χ0v) is 11.4. The normalized spacial score (nSPS) is 11.1. The van der Waals surface area contributed by atoms with Crippen LogP contribution in [0.15, 0.2) is 35.5 Å². The number of carbonyl (C=O) groups is 1. The highest BCUT2D eigenvalue weighted by Crippen LogP contribution is 2.22. The van der Waals surface area contributed by atoms with E-state index in [-0.39, 0.29) is 10.4 Å². The van der Waals surface area contributed by atoms with Crippen LogP contribution in [0.5, 0.6) is 0 Å². The van der Waals surface area contributed by atoms with Crippen molar-refractivity contribution < 1.29 is 9.90 Å². The van der Waals surface area contributed by atoms with Crippen LogP contribution < -0.4 is 5.56 Å². The summed E-state index contributed by atoms with van der Waals surface area (Å²) in [5.74, 6) is -0.942. The Morgan fingerprint density at radius 2 is 2.25 bits per heavy atom. The highest BCUT2D eigenvalue weighted by Gasteiger charge is 2.12. The van der Waals surface area contributed by atoms with Crippen molar-refractivity contribution in [2.75, 3.05) is 0 Å². The van der Waals surface area contributed by atoms with Crippen LogP contribution in [-0.2, 0) is 6.54 Å². The van der Waals surface area contributed by atoms with Gasteiger partial charge in [-0.3, -0.25) is 4.79 Å². The Morgan fingerprint density at radius 3 is 2.95 bits per heavy atom. The predicted molar refractivity (Wildman–Crippen MR) is 74.6 cm³/mol. The van der Waals surface area contributed by atoms with Gasteiger partial charge in [0, 0.05) is 17.3 Å². The molecule has 1 N–H and O–H groups in total. The SMILES string of the molecule is Cc1sc(C(=O)O)cc1Cn1ccn2nccc2c1=O. The van der Waals surface area contributed by atoms with Crippen LogP contribution >= 0.6 is 11.3 Å². The third kappa shape index (κ3) is 2.01. The molecule has 7 heteroatoms. The first-order valence-corrected chi connectivity index (χ1v) is 6.73. The van der Waals surface area contributed by atoms with Gasteiger partial charge in [0.15, 0.2) is 0 Å². The maximum atomic E-state index is 12.2. The van der Waals surface area contributed by atoms with E-state index >= 15 is 0 Å². The fraction of sp³-hybridized carbons (Fsp3) is 0.154. The average molecular weight is 289 g/mol. The molecule has 0 radical (unpaired) electrons. The van der Waals surface area contributed by atoms with Gasteiger partial charge in [-0.1, -0.05) is 0 Å².